The van der Waals surface area contributed by atoms with E-state index in [1.807, 2.05) is 0 Å². The first-order chi connectivity index (χ1) is 4.90. The Morgan fingerprint density at radius 1 is 1.64 bits per heavy atom. The van der Waals surface area contributed by atoms with Crippen molar-refractivity contribution in [1.82, 2.24) is 5.32 Å². The number of nitrogens with one attached hydrogen (secondary N) is 1. The molecule has 0 aromatic rings. The summed E-state index contributed by atoms with van der Waals surface area (Å²) in [6.45, 7) is 3.07. The summed E-state index contributed by atoms with van der Waals surface area (Å²) < 4.78 is 13.3. The predicted octanol–water partition coefficient (Wildman–Crippen LogP) is 0.409. The first-order valence-electron chi connectivity index (χ1n) is 3.53. The van der Waals surface area contributed by atoms with Gasteiger partial charge in [0.05, 0.1) is 0 Å². The van der Waals surface area contributed by atoms with E-state index < -0.39 is 17.1 Å². The number of hydrogen-bond acceptors (Lipinski definition) is 2. The lowest BCUT2D eigenvalue weighted by Crippen LogP contribution is -2.66. The molecule has 0 spiro atoms. The van der Waals surface area contributed by atoms with E-state index >= 15 is 0 Å². The smallest absolute Gasteiger partial charge is 0.315 e. The Morgan fingerprint density at radius 2 is 2.09 bits per heavy atom. The summed E-state index contributed by atoms with van der Waals surface area (Å²) in [5.74, 6) is -1.05. The van der Waals surface area contributed by atoms with Crippen molar-refractivity contribution >= 4 is 5.97 Å². The van der Waals surface area contributed by atoms with Crippen molar-refractivity contribution in [2.45, 2.75) is 19.5 Å². The Balaban J connectivity index is 2.85. The van der Waals surface area contributed by atoms with E-state index in [1.165, 1.54) is 13.8 Å². The van der Waals surface area contributed by atoms with Crippen molar-refractivity contribution in [3.8, 4) is 0 Å². The van der Waals surface area contributed by atoms with Crippen molar-refractivity contribution in [1.29, 1.82) is 0 Å². The van der Waals surface area contributed by atoms with Gasteiger partial charge >= 0.3 is 5.97 Å². The third kappa shape index (κ3) is 1.01. The van der Waals surface area contributed by atoms with E-state index in [0.717, 1.165) is 0 Å². The van der Waals surface area contributed by atoms with Gasteiger partial charge in [0.2, 0.25) is 0 Å². The van der Waals surface area contributed by atoms with Gasteiger partial charge < -0.3 is 10.4 Å². The zero-order chi connectivity index (χ0) is 8.70. The topological polar surface area (TPSA) is 49.3 Å². The second-order valence-electron chi connectivity index (χ2n) is 3.46. The van der Waals surface area contributed by atoms with E-state index in [1.54, 1.807) is 0 Å². The first kappa shape index (κ1) is 8.46. The maximum atomic E-state index is 13.3. The van der Waals surface area contributed by atoms with Crippen LogP contribution in [0.4, 0.5) is 4.39 Å². The molecule has 4 heteroatoms. The molecule has 1 aliphatic rings. The fourth-order valence-corrected chi connectivity index (χ4v) is 1.20. The van der Waals surface area contributed by atoms with Gasteiger partial charge in [-0.05, 0) is 13.8 Å². The van der Waals surface area contributed by atoms with Crippen LogP contribution in [0.3, 0.4) is 0 Å². The average molecular weight is 161 g/mol. The van der Waals surface area contributed by atoms with Crippen LogP contribution < -0.4 is 5.32 Å². The molecular weight excluding hydrogens is 149 g/mol. The fraction of sp³-hybridized carbons (Fsp3) is 0.857. The van der Waals surface area contributed by atoms with Crippen LogP contribution in [0, 0.1) is 5.41 Å². The Labute approximate surface area is 64.6 Å². The quantitative estimate of drug-likeness (QED) is 0.616. The van der Waals surface area contributed by atoms with Crippen molar-refractivity contribution in [3.05, 3.63) is 0 Å². The van der Waals surface area contributed by atoms with Gasteiger partial charge in [0.25, 0.3) is 0 Å². The molecule has 0 aromatic carbocycles. The molecule has 11 heavy (non-hydrogen) atoms. The van der Waals surface area contributed by atoms with Crippen LogP contribution >= 0.6 is 0 Å². The fourth-order valence-electron chi connectivity index (χ4n) is 1.20. The zero-order valence-electron chi connectivity index (χ0n) is 6.65. The Morgan fingerprint density at radius 3 is 2.09 bits per heavy atom. The number of aliphatic carboxylic acids is 1. The van der Waals surface area contributed by atoms with Crippen molar-refractivity contribution < 1.29 is 14.3 Å². The largest absolute Gasteiger partial charge is 0.481 e. The zero-order valence-corrected chi connectivity index (χ0v) is 6.65. The number of rotatable bonds is 2. The highest BCUT2D eigenvalue weighted by molar-refractivity contribution is 5.78. The minimum absolute atomic E-state index is 0.228. The van der Waals surface area contributed by atoms with Crippen LogP contribution in [-0.2, 0) is 4.79 Å². The highest BCUT2D eigenvalue weighted by Gasteiger charge is 2.56. The van der Waals surface area contributed by atoms with Crippen LogP contribution in [-0.4, -0.2) is 29.8 Å². The van der Waals surface area contributed by atoms with Crippen LogP contribution in [0.1, 0.15) is 13.8 Å². The van der Waals surface area contributed by atoms with Gasteiger partial charge in [-0.1, -0.05) is 0 Å². The molecule has 2 N–H and O–H groups in total. The van der Waals surface area contributed by atoms with E-state index in [4.69, 9.17) is 5.11 Å². The monoisotopic (exact) mass is 161 g/mol. The Bertz CT molecular complexity index is 181. The molecule has 1 heterocycles. The average Bonchev–Trinajstić information content (AvgIpc) is 1.52. The van der Waals surface area contributed by atoms with Crippen LogP contribution in [0.2, 0.25) is 0 Å². The molecule has 0 unspecified atom stereocenters. The second kappa shape index (κ2) is 2.17. The molecule has 0 atom stereocenters. The Hall–Kier alpha value is -0.640. The van der Waals surface area contributed by atoms with Gasteiger partial charge in [-0.25, -0.2) is 4.39 Å². The molecule has 1 fully saturated rings. The van der Waals surface area contributed by atoms with E-state index in [0.29, 0.717) is 0 Å². The Kier molecular flexibility index (Phi) is 1.67. The normalized spacial score (nSPS) is 22.5. The van der Waals surface area contributed by atoms with Gasteiger partial charge in [0.1, 0.15) is 11.1 Å². The van der Waals surface area contributed by atoms with E-state index in [-0.39, 0.29) is 13.1 Å². The van der Waals surface area contributed by atoms with Crippen LogP contribution in [0.15, 0.2) is 0 Å². The summed E-state index contributed by atoms with van der Waals surface area (Å²) >= 11 is 0. The molecule has 1 saturated heterocycles. The third-order valence-corrected chi connectivity index (χ3v) is 2.40. The van der Waals surface area contributed by atoms with Crippen molar-refractivity contribution in [3.63, 3.8) is 0 Å². The lowest BCUT2D eigenvalue weighted by molar-refractivity contribution is -0.164. The number of hydrogen-bond donors (Lipinski definition) is 2. The summed E-state index contributed by atoms with van der Waals surface area (Å²) in [5.41, 5.74) is -2.85. The number of carboxylic acid groups (broad SMARTS) is 1. The number of alkyl halides is 1. The highest BCUT2D eigenvalue weighted by atomic mass is 19.1. The molecule has 3 nitrogen and oxygen atoms in total. The second-order valence-corrected chi connectivity index (χ2v) is 3.46. The van der Waals surface area contributed by atoms with Gasteiger partial charge in [-0.3, -0.25) is 4.79 Å². The van der Waals surface area contributed by atoms with Crippen LogP contribution in [0.5, 0.6) is 0 Å². The molecule has 64 valence electrons. The van der Waals surface area contributed by atoms with Crippen LogP contribution in [0.25, 0.3) is 0 Å². The van der Waals surface area contributed by atoms with E-state index in [2.05, 4.69) is 5.32 Å². The maximum Gasteiger partial charge on any atom is 0.315 e. The van der Waals surface area contributed by atoms with Gasteiger partial charge in [0.15, 0.2) is 0 Å². The maximum absolute atomic E-state index is 13.3. The SMILES string of the molecule is CC(C)(F)C1(C(=O)O)CNC1. The number of carbonyl (C=O) groups is 1. The predicted molar refractivity (Wildman–Crippen MR) is 38.1 cm³/mol. The molecular formula is C7H12FNO2. The van der Waals surface area contributed by atoms with Gasteiger partial charge in [-0.15, -0.1) is 0 Å². The molecule has 0 radical (unpaired) electrons. The minimum atomic E-state index is -1.65. The molecule has 0 aliphatic carbocycles. The van der Waals surface area contributed by atoms with Gasteiger partial charge in [-0.2, -0.15) is 0 Å². The number of carboxylic acids is 1. The summed E-state index contributed by atoms with van der Waals surface area (Å²) in [5, 5.41) is 11.5. The molecule has 1 rings (SSSR count). The van der Waals surface area contributed by atoms with Crippen molar-refractivity contribution in [2.75, 3.05) is 13.1 Å². The van der Waals surface area contributed by atoms with Gasteiger partial charge in [0, 0.05) is 13.1 Å². The molecule has 0 amide bonds. The lowest BCUT2D eigenvalue weighted by Gasteiger charge is -2.45. The summed E-state index contributed by atoms with van der Waals surface area (Å²) in [6.07, 6.45) is 0. The molecule has 0 saturated carbocycles. The summed E-state index contributed by atoms with van der Waals surface area (Å²) in [6, 6.07) is 0. The minimum Gasteiger partial charge on any atom is -0.481 e. The number of halogens is 1. The standard InChI is InChI=1S/C7H12FNO2/c1-6(2,8)7(5(10)11)3-9-4-7/h9H,3-4H2,1-2H3,(H,10,11). The first-order valence-corrected chi connectivity index (χ1v) is 3.53. The highest BCUT2D eigenvalue weighted by Crippen LogP contribution is 2.38. The van der Waals surface area contributed by atoms with E-state index in [9.17, 15) is 9.18 Å². The third-order valence-electron chi connectivity index (χ3n) is 2.40. The van der Waals surface area contributed by atoms with Crippen molar-refractivity contribution in [2.24, 2.45) is 5.41 Å². The summed E-state index contributed by atoms with van der Waals surface area (Å²) in [4.78, 5) is 10.7. The molecule has 0 bridgehead atoms. The molecule has 1 aliphatic heterocycles. The molecule has 0 aromatic heterocycles. The lowest BCUT2D eigenvalue weighted by atomic mass is 9.70. The summed E-state index contributed by atoms with van der Waals surface area (Å²) in [7, 11) is 0.